The summed E-state index contributed by atoms with van der Waals surface area (Å²) >= 11 is 5.88. The third-order valence-electron chi connectivity index (χ3n) is 3.85. The van der Waals surface area contributed by atoms with E-state index in [2.05, 4.69) is 5.32 Å². The Labute approximate surface area is 165 Å². The number of ether oxygens (including phenoxy) is 1. The number of anilines is 1. The predicted molar refractivity (Wildman–Crippen MR) is 108 cm³/mol. The summed E-state index contributed by atoms with van der Waals surface area (Å²) in [5.41, 5.74) is 1.73. The summed E-state index contributed by atoms with van der Waals surface area (Å²) in [4.78, 5) is 12.2. The van der Waals surface area contributed by atoms with Gasteiger partial charge in [-0.1, -0.05) is 23.7 Å². The van der Waals surface area contributed by atoms with Crippen LogP contribution in [0, 0.1) is 0 Å². The number of hydrogen-bond donors (Lipinski definition) is 1. The van der Waals surface area contributed by atoms with Gasteiger partial charge < -0.3 is 10.1 Å². The van der Waals surface area contributed by atoms with Gasteiger partial charge in [0.15, 0.2) is 0 Å². The molecule has 8 heteroatoms. The Morgan fingerprint density at radius 3 is 2.26 bits per heavy atom. The first kappa shape index (κ1) is 21.2. The number of benzene rings is 2. The molecule has 146 valence electrons. The zero-order valence-corrected chi connectivity index (χ0v) is 17.0. The Hall–Kier alpha value is -2.09. The molecule has 0 bridgehead atoms. The molecule has 0 aliphatic carbocycles. The lowest BCUT2D eigenvalue weighted by atomic mass is 10.1. The van der Waals surface area contributed by atoms with Gasteiger partial charge in [-0.15, -0.1) is 0 Å². The smallest absolute Gasteiger partial charge is 0.251 e. The van der Waals surface area contributed by atoms with Gasteiger partial charge in [-0.05, 0) is 48.9 Å². The summed E-state index contributed by atoms with van der Waals surface area (Å²) in [6.45, 7) is 2.42. The van der Waals surface area contributed by atoms with Crippen molar-refractivity contribution in [2.24, 2.45) is 0 Å². The number of sulfonamides is 1. The van der Waals surface area contributed by atoms with E-state index in [0.717, 1.165) is 11.8 Å². The molecule has 0 unspecified atom stereocenters. The maximum absolute atomic E-state index is 12.2. The SMILES string of the molecule is COC[C@H](C)NC(=O)c1ccc(N(Cc2ccc(Cl)cc2)S(C)(=O)=O)cc1. The number of rotatable bonds is 8. The van der Waals surface area contributed by atoms with Gasteiger partial charge in [0, 0.05) is 23.7 Å². The third kappa shape index (κ3) is 6.23. The molecule has 0 radical (unpaired) electrons. The second-order valence-corrected chi connectivity index (χ2v) is 8.62. The highest BCUT2D eigenvalue weighted by atomic mass is 35.5. The molecule has 0 heterocycles. The minimum Gasteiger partial charge on any atom is -0.383 e. The molecule has 1 atom stereocenters. The predicted octanol–water partition coefficient (Wildman–Crippen LogP) is 3.07. The maximum atomic E-state index is 12.2. The highest BCUT2D eigenvalue weighted by molar-refractivity contribution is 7.92. The Bertz CT molecular complexity index is 868. The van der Waals surface area contributed by atoms with Crippen molar-refractivity contribution >= 4 is 33.2 Å². The highest BCUT2D eigenvalue weighted by Gasteiger charge is 2.19. The average molecular weight is 411 g/mol. The van der Waals surface area contributed by atoms with Gasteiger partial charge in [-0.25, -0.2) is 8.42 Å². The number of hydrogen-bond acceptors (Lipinski definition) is 4. The van der Waals surface area contributed by atoms with Gasteiger partial charge in [-0.2, -0.15) is 0 Å². The molecule has 0 aliphatic heterocycles. The van der Waals surface area contributed by atoms with Crippen LogP contribution in [0.3, 0.4) is 0 Å². The Balaban J connectivity index is 2.19. The van der Waals surface area contributed by atoms with Crippen molar-refractivity contribution in [3.05, 3.63) is 64.7 Å². The van der Waals surface area contributed by atoms with Crippen LogP contribution in [0.15, 0.2) is 48.5 Å². The molecule has 0 spiro atoms. The van der Waals surface area contributed by atoms with Crippen LogP contribution >= 0.6 is 11.6 Å². The maximum Gasteiger partial charge on any atom is 0.251 e. The summed E-state index contributed by atoms with van der Waals surface area (Å²) < 4.78 is 30.8. The number of amides is 1. The van der Waals surface area contributed by atoms with E-state index in [1.807, 2.05) is 6.92 Å². The van der Waals surface area contributed by atoms with E-state index in [1.54, 1.807) is 55.6 Å². The molecule has 0 aliphatic rings. The minimum absolute atomic E-state index is 0.125. The first-order chi connectivity index (χ1) is 12.7. The highest BCUT2D eigenvalue weighted by Crippen LogP contribution is 2.22. The van der Waals surface area contributed by atoms with Crippen LogP contribution in [0.2, 0.25) is 5.02 Å². The van der Waals surface area contributed by atoms with Crippen molar-refractivity contribution in [1.29, 1.82) is 0 Å². The van der Waals surface area contributed by atoms with E-state index in [4.69, 9.17) is 16.3 Å². The van der Waals surface area contributed by atoms with Gasteiger partial charge in [0.2, 0.25) is 10.0 Å². The number of halogens is 1. The third-order valence-corrected chi connectivity index (χ3v) is 5.24. The monoisotopic (exact) mass is 410 g/mol. The summed E-state index contributed by atoms with van der Waals surface area (Å²) in [7, 11) is -1.94. The van der Waals surface area contributed by atoms with Crippen molar-refractivity contribution in [1.82, 2.24) is 5.32 Å². The fraction of sp³-hybridized carbons (Fsp3) is 0.316. The van der Waals surface area contributed by atoms with Crippen LogP contribution in [0.25, 0.3) is 0 Å². The van der Waals surface area contributed by atoms with Crippen LogP contribution in [0.1, 0.15) is 22.8 Å². The largest absolute Gasteiger partial charge is 0.383 e. The quantitative estimate of drug-likeness (QED) is 0.725. The summed E-state index contributed by atoms with van der Waals surface area (Å²) in [5, 5.41) is 3.40. The Kier molecular flexibility index (Phi) is 7.24. The fourth-order valence-corrected chi connectivity index (χ4v) is 3.55. The molecule has 1 N–H and O–H groups in total. The van der Waals surface area contributed by atoms with E-state index in [0.29, 0.717) is 22.9 Å². The van der Waals surface area contributed by atoms with E-state index in [-0.39, 0.29) is 18.5 Å². The lowest BCUT2D eigenvalue weighted by Crippen LogP contribution is -2.35. The van der Waals surface area contributed by atoms with Gasteiger partial charge in [0.05, 0.1) is 25.1 Å². The summed E-state index contributed by atoms with van der Waals surface area (Å²) in [5.74, 6) is -0.241. The van der Waals surface area contributed by atoms with E-state index < -0.39 is 10.0 Å². The second kappa shape index (κ2) is 9.21. The molecule has 2 rings (SSSR count). The van der Waals surface area contributed by atoms with Crippen LogP contribution in [0.5, 0.6) is 0 Å². The van der Waals surface area contributed by atoms with Crippen LogP contribution < -0.4 is 9.62 Å². The fourth-order valence-electron chi connectivity index (χ4n) is 2.53. The average Bonchev–Trinajstić information content (AvgIpc) is 2.60. The van der Waals surface area contributed by atoms with Gasteiger partial charge in [-0.3, -0.25) is 9.10 Å². The molecule has 6 nitrogen and oxygen atoms in total. The molecule has 0 saturated carbocycles. The van der Waals surface area contributed by atoms with Crippen LogP contribution in [0.4, 0.5) is 5.69 Å². The topological polar surface area (TPSA) is 75.7 Å². The van der Waals surface area contributed by atoms with Crippen molar-refractivity contribution in [3.63, 3.8) is 0 Å². The lowest BCUT2D eigenvalue weighted by molar-refractivity contribution is 0.0905. The standard InChI is InChI=1S/C19H23ClN2O4S/c1-14(13-26-2)21-19(23)16-6-10-18(11-7-16)22(27(3,24)25)12-15-4-8-17(20)9-5-15/h4-11,14H,12-13H2,1-3H3,(H,21,23)/t14-/m0/s1. The summed E-state index contributed by atoms with van der Waals surface area (Å²) in [6, 6.07) is 13.3. The summed E-state index contributed by atoms with van der Waals surface area (Å²) in [6.07, 6.45) is 1.15. The molecule has 2 aromatic rings. The molecule has 0 saturated heterocycles. The molecule has 27 heavy (non-hydrogen) atoms. The van der Waals surface area contributed by atoms with Gasteiger partial charge in [0.25, 0.3) is 5.91 Å². The van der Waals surface area contributed by atoms with E-state index >= 15 is 0 Å². The molecule has 1 amide bonds. The number of carbonyl (C=O) groups is 1. The van der Waals surface area contributed by atoms with Crippen molar-refractivity contribution < 1.29 is 17.9 Å². The molecule has 0 aromatic heterocycles. The molecule has 2 aromatic carbocycles. The zero-order valence-electron chi connectivity index (χ0n) is 15.5. The zero-order chi connectivity index (χ0) is 20.0. The number of carbonyl (C=O) groups excluding carboxylic acids is 1. The first-order valence-electron chi connectivity index (χ1n) is 8.32. The molecular weight excluding hydrogens is 388 g/mol. The molecule has 0 fully saturated rings. The minimum atomic E-state index is -3.50. The van der Waals surface area contributed by atoms with Crippen molar-refractivity contribution in [3.8, 4) is 0 Å². The Morgan fingerprint density at radius 1 is 1.15 bits per heavy atom. The Morgan fingerprint density at radius 2 is 1.74 bits per heavy atom. The van der Waals surface area contributed by atoms with Crippen molar-refractivity contribution in [2.75, 3.05) is 24.3 Å². The first-order valence-corrected chi connectivity index (χ1v) is 10.6. The van der Waals surface area contributed by atoms with Crippen LogP contribution in [-0.4, -0.2) is 40.3 Å². The van der Waals surface area contributed by atoms with E-state index in [1.165, 1.54) is 4.31 Å². The lowest BCUT2D eigenvalue weighted by Gasteiger charge is -2.23. The number of nitrogens with one attached hydrogen (secondary N) is 1. The number of nitrogens with zero attached hydrogens (tertiary/aromatic N) is 1. The molecular formula is C19H23ClN2O4S. The van der Waals surface area contributed by atoms with Crippen molar-refractivity contribution in [2.45, 2.75) is 19.5 Å². The second-order valence-electron chi connectivity index (χ2n) is 6.27. The van der Waals surface area contributed by atoms with Gasteiger partial charge in [0.1, 0.15) is 0 Å². The van der Waals surface area contributed by atoms with Crippen LogP contribution in [-0.2, 0) is 21.3 Å². The van der Waals surface area contributed by atoms with Gasteiger partial charge >= 0.3 is 0 Å². The normalized spacial score (nSPS) is 12.4. The van der Waals surface area contributed by atoms with E-state index in [9.17, 15) is 13.2 Å². The number of methoxy groups -OCH3 is 1.